The first kappa shape index (κ1) is 24.9. The molecule has 0 aliphatic heterocycles. The van der Waals surface area contributed by atoms with E-state index in [1.807, 2.05) is 32.8 Å². The van der Waals surface area contributed by atoms with Gasteiger partial charge in [0.05, 0.1) is 0 Å². The first-order chi connectivity index (χ1) is 14.6. The van der Waals surface area contributed by atoms with Crippen LogP contribution in [0.1, 0.15) is 49.3 Å². The number of carbonyl (C=O) groups is 3. The zero-order chi connectivity index (χ0) is 22.6. The Morgan fingerprint density at radius 1 is 1.07 bits per heavy atom. The van der Waals surface area contributed by atoms with E-state index in [4.69, 9.17) is 10.5 Å². The number of benzene rings is 2. The predicted molar refractivity (Wildman–Crippen MR) is 121 cm³/mol. The minimum absolute atomic E-state index is 0.181. The molecule has 1 atom stereocenters. The van der Waals surface area contributed by atoms with E-state index in [0.717, 1.165) is 17.0 Å². The lowest BCUT2D eigenvalue weighted by Gasteiger charge is -2.25. The van der Waals surface area contributed by atoms with Gasteiger partial charge in [-0.25, -0.2) is 0 Å². The van der Waals surface area contributed by atoms with E-state index >= 15 is 0 Å². The van der Waals surface area contributed by atoms with Gasteiger partial charge in [-0.1, -0.05) is 50.2 Å². The Balaban J connectivity index is 0.000000290. The summed E-state index contributed by atoms with van der Waals surface area (Å²) in [6.07, 6.45) is 4.37. The van der Waals surface area contributed by atoms with E-state index < -0.39 is 5.54 Å². The van der Waals surface area contributed by atoms with Crippen molar-refractivity contribution in [1.29, 1.82) is 0 Å². The number of nitrogens with two attached hydrogens (primary N) is 1. The predicted octanol–water partition coefficient (Wildman–Crippen LogP) is 3.00. The van der Waals surface area contributed by atoms with E-state index in [1.54, 1.807) is 13.1 Å². The summed E-state index contributed by atoms with van der Waals surface area (Å²) in [5.41, 5.74) is 9.11. The number of amides is 2. The van der Waals surface area contributed by atoms with E-state index in [9.17, 15) is 9.59 Å². The SMILES string of the molecule is C=O.CC.CNC(=O)C1(NC=O)Cc2ccc(N)cc2C1.c1ccc(C2CC2)cc1. The smallest absolute Gasteiger partial charge is 0.246 e. The molecule has 2 aliphatic rings. The number of hydrogen-bond acceptors (Lipinski definition) is 4. The van der Waals surface area contributed by atoms with Crippen molar-refractivity contribution in [2.24, 2.45) is 0 Å². The number of nitrogens with one attached hydrogen (secondary N) is 2. The van der Waals surface area contributed by atoms with Crippen LogP contribution >= 0.6 is 0 Å². The molecule has 4 rings (SSSR count). The van der Waals surface area contributed by atoms with Crippen molar-refractivity contribution in [2.75, 3.05) is 12.8 Å². The molecule has 2 aromatic rings. The maximum atomic E-state index is 11.9. The summed E-state index contributed by atoms with van der Waals surface area (Å²) in [7, 11) is 1.56. The van der Waals surface area contributed by atoms with E-state index in [1.165, 1.54) is 18.4 Å². The number of fused-ring (bicyclic) bond motifs is 1. The van der Waals surface area contributed by atoms with Crippen LogP contribution in [0.2, 0.25) is 0 Å². The largest absolute Gasteiger partial charge is 0.399 e. The lowest BCUT2D eigenvalue weighted by Crippen LogP contribution is -2.56. The summed E-state index contributed by atoms with van der Waals surface area (Å²) in [6.45, 7) is 6.00. The highest BCUT2D eigenvalue weighted by Crippen LogP contribution is 2.39. The number of anilines is 1. The highest BCUT2D eigenvalue weighted by Gasteiger charge is 2.43. The normalized spacial score (nSPS) is 18.0. The molecule has 6 nitrogen and oxygen atoms in total. The van der Waals surface area contributed by atoms with Crippen molar-refractivity contribution < 1.29 is 14.4 Å². The van der Waals surface area contributed by atoms with Crippen LogP contribution in [-0.2, 0) is 27.2 Å². The highest BCUT2D eigenvalue weighted by molar-refractivity contribution is 5.90. The van der Waals surface area contributed by atoms with Crippen LogP contribution in [0.25, 0.3) is 0 Å². The number of likely N-dealkylation sites (N-methyl/N-ethyl adjacent to an activating group) is 1. The van der Waals surface area contributed by atoms with Gasteiger partial charge in [0.25, 0.3) is 0 Å². The Kier molecular flexibility index (Phi) is 10.3. The van der Waals surface area contributed by atoms with Gasteiger partial charge in [-0.3, -0.25) is 9.59 Å². The van der Waals surface area contributed by atoms with Gasteiger partial charge in [-0.2, -0.15) is 0 Å². The first-order valence-electron chi connectivity index (χ1n) is 10.2. The quantitative estimate of drug-likeness (QED) is 0.532. The molecule has 4 N–H and O–H groups in total. The van der Waals surface area contributed by atoms with Gasteiger partial charge < -0.3 is 21.2 Å². The van der Waals surface area contributed by atoms with Crippen molar-refractivity contribution in [2.45, 2.75) is 51.0 Å². The van der Waals surface area contributed by atoms with Crippen molar-refractivity contribution in [3.05, 3.63) is 65.2 Å². The monoisotopic (exact) mass is 411 g/mol. The lowest BCUT2D eigenvalue weighted by molar-refractivity contribution is -0.129. The molecule has 2 aromatic carbocycles. The standard InChI is InChI=1S/C12H15N3O2.C9H10.C2H6.CH2O/c1-14-11(17)12(15-7-16)5-8-2-3-10(13)4-9(8)6-12;1-2-4-8(5-3-1)9-6-7-9;2*1-2/h2-4,7H,5-6,13H2,1H3,(H,14,17)(H,15,16);1-5,9H,6-7H2;1-2H3;1H2. The zero-order valence-corrected chi connectivity index (χ0v) is 18.1. The molecule has 2 amide bonds. The molecule has 0 heterocycles. The third-order valence-electron chi connectivity index (χ3n) is 5.06. The highest BCUT2D eigenvalue weighted by atomic mass is 16.2. The molecule has 0 radical (unpaired) electrons. The fourth-order valence-electron chi connectivity index (χ4n) is 3.52. The van der Waals surface area contributed by atoms with Crippen molar-refractivity contribution >= 4 is 24.8 Å². The minimum atomic E-state index is -0.868. The Morgan fingerprint density at radius 3 is 2.20 bits per heavy atom. The molecule has 30 heavy (non-hydrogen) atoms. The Hall–Kier alpha value is -3.15. The maximum Gasteiger partial charge on any atom is 0.246 e. The van der Waals surface area contributed by atoms with Crippen LogP contribution in [0.3, 0.4) is 0 Å². The number of nitrogen functional groups attached to an aromatic ring is 1. The maximum absolute atomic E-state index is 11.9. The first-order valence-corrected chi connectivity index (χ1v) is 10.2. The van der Waals surface area contributed by atoms with Gasteiger partial charge in [0.1, 0.15) is 12.3 Å². The third-order valence-corrected chi connectivity index (χ3v) is 5.06. The summed E-state index contributed by atoms with van der Waals surface area (Å²) in [6, 6.07) is 16.3. The van der Waals surface area contributed by atoms with Gasteiger partial charge in [0.15, 0.2) is 0 Å². The molecule has 0 aromatic heterocycles. The van der Waals surface area contributed by atoms with E-state index in [0.29, 0.717) is 24.9 Å². The third kappa shape index (κ3) is 6.44. The Labute approximate surface area is 179 Å². The fourth-order valence-corrected chi connectivity index (χ4v) is 3.52. The van der Waals surface area contributed by atoms with E-state index in [-0.39, 0.29) is 5.91 Å². The summed E-state index contributed by atoms with van der Waals surface area (Å²) >= 11 is 0. The number of rotatable bonds is 4. The number of hydrogen-bond donors (Lipinski definition) is 3. The molecule has 6 heteroatoms. The molecular formula is C24H33N3O3. The van der Waals surface area contributed by atoms with Gasteiger partial charge in [-0.15, -0.1) is 0 Å². The molecule has 0 saturated heterocycles. The molecule has 0 bridgehead atoms. The minimum Gasteiger partial charge on any atom is -0.399 e. The van der Waals surface area contributed by atoms with E-state index in [2.05, 4.69) is 41.0 Å². The summed E-state index contributed by atoms with van der Waals surface area (Å²) < 4.78 is 0. The number of carbonyl (C=O) groups excluding carboxylic acids is 3. The molecule has 2 aliphatic carbocycles. The topological polar surface area (TPSA) is 101 Å². The molecule has 1 unspecified atom stereocenters. The molecule has 1 fully saturated rings. The van der Waals surface area contributed by atoms with Gasteiger partial charge in [-0.05, 0) is 47.6 Å². The Morgan fingerprint density at radius 2 is 1.67 bits per heavy atom. The van der Waals surface area contributed by atoms with Crippen molar-refractivity contribution in [3.63, 3.8) is 0 Å². The summed E-state index contributed by atoms with van der Waals surface area (Å²) in [5, 5.41) is 5.23. The van der Waals surface area contributed by atoms with Crippen molar-refractivity contribution in [1.82, 2.24) is 10.6 Å². The van der Waals surface area contributed by atoms with Crippen LogP contribution in [0.4, 0.5) is 5.69 Å². The summed E-state index contributed by atoms with van der Waals surface area (Å²) in [4.78, 5) is 30.6. The van der Waals surface area contributed by atoms with Crippen LogP contribution in [0.5, 0.6) is 0 Å². The average molecular weight is 412 g/mol. The van der Waals surface area contributed by atoms with Crippen LogP contribution < -0.4 is 16.4 Å². The van der Waals surface area contributed by atoms with Gasteiger partial charge >= 0.3 is 0 Å². The van der Waals surface area contributed by atoms with Crippen LogP contribution in [0, 0.1) is 0 Å². The fraction of sp³-hybridized carbons (Fsp3) is 0.375. The second kappa shape index (κ2) is 12.4. The average Bonchev–Trinajstić information content (AvgIpc) is 3.59. The molecular weight excluding hydrogens is 378 g/mol. The van der Waals surface area contributed by atoms with Crippen molar-refractivity contribution in [3.8, 4) is 0 Å². The summed E-state index contributed by atoms with van der Waals surface area (Å²) in [5.74, 6) is 0.727. The molecule has 0 spiro atoms. The van der Waals surface area contributed by atoms with Gasteiger partial charge in [0, 0.05) is 25.6 Å². The van der Waals surface area contributed by atoms with Crippen LogP contribution in [0.15, 0.2) is 48.5 Å². The second-order valence-electron chi connectivity index (χ2n) is 6.99. The lowest BCUT2D eigenvalue weighted by atomic mass is 9.95. The zero-order valence-electron chi connectivity index (χ0n) is 18.1. The van der Waals surface area contributed by atoms with Crippen LogP contribution in [-0.4, -0.2) is 31.7 Å². The Bertz CT molecular complexity index is 807. The second-order valence-corrected chi connectivity index (χ2v) is 6.99. The molecule has 162 valence electrons. The molecule has 1 saturated carbocycles. The van der Waals surface area contributed by atoms with Gasteiger partial charge in [0.2, 0.25) is 12.3 Å².